The summed E-state index contributed by atoms with van der Waals surface area (Å²) in [6, 6.07) is 0. The minimum atomic E-state index is -0.406. The average Bonchev–Trinajstić information content (AvgIpc) is 1.37. The third-order valence-electron chi connectivity index (χ3n) is 0.167. The van der Waals surface area contributed by atoms with Gasteiger partial charge in [0, 0.05) is 10.2 Å². The molecule has 0 aliphatic heterocycles. The van der Waals surface area contributed by atoms with Crippen LogP contribution < -0.4 is 0 Å². The standard InChI is InChI=1S/CH6OSi2/c2-4-1-3/h4H,1H2,3H3. The Balaban J connectivity index is 2.30. The van der Waals surface area contributed by atoms with Crippen LogP contribution in [-0.4, -0.2) is 19.6 Å². The second kappa shape index (κ2) is 3.23. The van der Waals surface area contributed by atoms with E-state index in [1.165, 1.54) is 0 Å². The molecule has 0 saturated heterocycles. The summed E-state index contributed by atoms with van der Waals surface area (Å²) in [5.74, 6) is 0. The lowest BCUT2D eigenvalue weighted by molar-refractivity contribution is 0.579. The van der Waals surface area contributed by atoms with Gasteiger partial charge >= 0.3 is 0 Å². The number of hydrogen-bond acceptors (Lipinski definition) is 1. The third kappa shape index (κ3) is 2.23. The zero-order valence-corrected chi connectivity index (χ0v) is 5.85. The van der Waals surface area contributed by atoms with Gasteiger partial charge in [0.15, 0.2) is 0 Å². The molecule has 0 aromatic heterocycles. The molecule has 3 heteroatoms. The molecule has 0 fully saturated rings. The van der Waals surface area contributed by atoms with Crippen LogP contribution in [-0.2, 0) is 4.46 Å². The second-order valence-electron chi connectivity index (χ2n) is 0.575. The van der Waals surface area contributed by atoms with E-state index in [1.54, 1.807) is 0 Å². The SMILES string of the molecule is O=[SiH]C[SiH3]. The molecule has 0 bridgehead atoms. The van der Waals surface area contributed by atoms with E-state index < -0.39 is 9.41 Å². The lowest BCUT2D eigenvalue weighted by Crippen LogP contribution is -1.64. The maximum Gasteiger partial charge on any atom is 0.257 e. The molecule has 24 valence electrons. The monoisotopic (exact) mass is 90.0 g/mol. The fourth-order valence-corrected chi connectivity index (χ4v) is 0. The van der Waals surface area contributed by atoms with Crippen molar-refractivity contribution in [2.45, 2.75) is 5.67 Å². The maximum atomic E-state index is 9.42. The Morgan fingerprint density at radius 2 is 2.25 bits per heavy atom. The van der Waals surface area contributed by atoms with Gasteiger partial charge in [-0.05, 0) is 5.67 Å². The molecular weight excluding hydrogens is 84.2 g/mol. The third-order valence-corrected chi connectivity index (χ3v) is 1.50. The Kier molecular flexibility index (Phi) is 3.42. The summed E-state index contributed by atoms with van der Waals surface area (Å²) in [5, 5.41) is 0. The molecule has 0 saturated carbocycles. The highest BCUT2D eigenvalue weighted by Crippen LogP contribution is 1.44. The van der Waals surface area contributed by atoms with Crippen molar-refractivity contribution in [2.75, 3.05) is 0 Å². The fraction of sp³-hybridized carbons (Fsp3) is 1.00. The van der Waals surface area contributed by atoms with E-state index in [2.05, 4.69) is 0 Å². The molecule has 0 aromatic carbocycles. The minimum absolute atomic E-state index is 0.406. The van der Waals surface area contributed by atoms with E-state index in [0.29, 0.717) is 0 Å². The largest absolute Gasteiger partial charge is 0.392 e. The van der Waals surface area contributed by atoms with Gasteiger partial charge in [-0.15, -0.1) is 0 Å². The van der Waals surface area contributed by atoms with Crippen molar-refractivity contribution in [1.82, 2.24) is 0 Å². The highest BCUT2D eigenvalue weighted by atomic mass is 28.2. The molecule has 0 heterocycles. The van der Waals surface area contributed by atoms with Gasteiger partial charge in [-0.3, -0.25) is 0 Å². The topological polar surface area (TPSA) is 17.1 Å². The van der Waals surface area contributed by atoms with Crippen LogP contribution in [0.3, 0.4) is 0 Å². The van der Waals surface area contributed by atoms with Gasteiger partial charge in [0.2, 0.25) is 0 Å². The predicted octanol–water partition coefficient (Wildman–Crippen LogP) is -1.49. The van der Waals surface area contributed by atoms with Gasteiger partial charge in [0.1, 0.15) is 0 Å². The molecule has 0 atom stereocenters. The minimum Gasteiger partial charge on any atom is -0.392 e. The van der Waals surface area contributed by atoms with Crippen molar-refractivity contribution >= 4 is 19.6 Å². The summed E-state index contributed by atoms with van der Waals surface area (Å²) in [6.45, 7) is 0. The second-order valence-corrected chi connectivity index (χ2v) is 4.17. The van der Waals surface area contributed by atoms with Crippen molar-refractivity contribution in [2.24, 2.45) is 0 Å². The van der Waals surface area contributed by atoms with Crippen molar-refractivity contribution in [3.63, 3.8) is 0 Å². The maximum absolute atomic E-state index is 9.42. The van der Waals surface area contributed by atoms with Crippen LogP contribution in [0.25, 0.3) is 0 Å². The van der Waals surface area contributed by atoms with Crippen molar-refractivity contribution < 1.29 is 4.46 Å². The van der Waals surface area contributed by atoms with Crippen molar-refractivity contribution in [1.29, 1.82) is 0 Å². The first kappa shape index (κ1) is 4.23. The van der Waals surface area contributed by atoms with Crippen LogP contribution in [0.1, 0.15) is 0 Å². The van der Waals surface area contributed by atoms with Gasteiger partial charge in [0.25, 0.3) is 9.41 Å². The zero-order valence-electron chi connectivity index (χ0n) is 2.69. The molecule has 0 aromatic rings. The Labute approximate surface area is 30.7 Å². The van der Waals surface area contributed by atoms with Crippen LogP contribution in [0.5, 0.6) is 0 Å². The van der Waals surface area contributed by atoms with E-state index in [1.807, 2.05) is 0 Å². The van der Waals surface area contributed by atoms with E-state index in [0.717, 1.165) is 15.9 Å². The molecule has 0 rings (SSSR count). The van der Waals surface area contributed by atoms with E-state index >= 15 is 0 Å². The normalized spacial score (nSPS) is 7.00. The molecule has 0 aliphatic carbocycles. The molecule has 0 radical (unpaired) electrons. The van der Waals surface area contributed by atoms with Crippen LogP contribution in [0, 0.1) is 0 Å². The Morgan fingerprint density at radius 1 is 2.00 bits per heavy atom. The fourth-order valence-electron chi connectivity index (χ4n) is 0. The van der Waals surface area contributed by atoms with Gasteiger partial charge in [0.05, 0.1) is 0 Å². The smallest absolute Gasteiger partial charge is 0.257 e. The van der Waals surface area contributed by atoms with Crippen LogP contribution in [0.2, 0.25) is 5.67 Å². The van der Waals surface area contributed by atoms with Crippen molar-refractivity contribution in [3.05, 3.63) is 0 Å². The number of rotatable bonds is 1. The Bertz CT molecular complexity index is 20.0. The van der Waals surface area contributed by atoms with Gasteiger partial charge in [-0.1, -0.05) is 0 Å². The average molecular weight is 90.2 g/mol. The van der Waals surface area contributed by atoms with Crippen LogP contribution >= 0.6 is 0 Å². The lowest BCUT2D eigenvalue weighted by Gasteiger charge is -1.48. The molecular formula is CH6OSi2. The predicted molar refractivity (Wildman–Crippen MR) is 22.6 cm³/mol. The molecule has 0 amide bonds. The van der Waals surface area contributed by atoms with Gasteiger partial charge in [-0.2, -0.15) is 0 Å². The molecule has 0 spiro atoms. The van der Waals surface area contributed by atoms with Crippen LogP contribution in [0.4, 0.5) is 0 Å². The summed E-state index contributed by atoms with van der Waals surface area (Å²) in [6.07, 6.45) is 0. The zero-order chi connectivity index (χ0) is 3.41. The highest BCUT2D eigenvalue weighted by molar-refractivity contribution is 6.35. The first-order chi connectivity index (χ1) is 1.91. The van der Waals surface area contributed by atoms with Crippen molar-refractivity contribution in [3.8, 4) is 0 Å². The van der Waals surface area contributed by atoms with E-state index in [-0.39, 0.29) is 0 Å². The molecule has 1 nitrogen and oxygen atoms in total. The first-order valence-corrected chi connectivity index (χ1v) is 4.05. The van der Waals surface area contributed by atoms with Gasteiger partial charge in [-0.25, -0.2) is 0 Å². The molecule has 0 unspecified atom stereocenters. The molecule has 4 heavy (non-hydrogen) atoms. The summed E-state index contributed by atoms with van der Waals surface area (Å²) < 4.78 is 9.42. The summed E-state index contributed by atoms with van der Waals surface area (Å²) in [5.41, 5.74) is 0.986. The van der Waals surface area contributed by atoms with E-state index in [4.69, 9.17) is 0 Å². The summed E-state index contributed by atoms with van der Waals surface area (Å²) in [4.78, 5) is 0. The summed E-state index contributed by atoms with van der Waals surface area (Å²) in [7, 11) is 0.708. The van der Waals surface area contributed by atoms with Crippen LogP contribution in [0.15, 0.2) is 0 Å². The highest BCUT2D eigenvalue weighted by Gasteiger charge is 1.57. The van der Waals surface area contributed by atoms with E-state index in [9.17, 15) is 4.46 Å². The molecule has 0 aliphatic rings. The number of hydrogen-bond donors (Lipinski definition) is 0. The first-order valence-electron chi connectivity index (χ1n) is 1.35. The Hall–Kier alpha value is 0.234. The molecule has 0 N–H and O–H groups in total. The quantitative estimate of drug-likeness (QED) is 0.359. The summed E-state index contributed by atoms with van der Waals surface area (Å²) >= 11 is 0. The Morgan fingerprint density at radius 3 is 2.25 bits per heavy atom. The van der Waals surface area contributed by atoms with Gasteiger partial charge < -0.3 is 4.46 Å². The lowest BCUT2D eigenvalue weighted by atomic mass is 11.9.